The molecule has 1 aromatic heterocycles. The summed E-state index contributed by atoms with van der Waals surface area (Å²) in [4.78, 5) is 24.8. The number of rotatable bonds is 7. The van der Waals surface area contributed by atoms with Crippen LogP contribution in [0, 0.1) is 5.92 Å². The van der Waals surface area contributed by atoms with E-state index in [9.17, 15) is 9.59 Å². The van der Waals surface area contributed by atoms with E-state index in [0.29, 0.717) is 5.92 Å². The topological polar surface area (TPSA) is 68.5 Å². The summed E-state index contributed by atoms with van der Waals surface area (Å²) in [6.07, 6.45) is 10.3. The molecule has 5 nitrogen and oxygen atoms in total. The van der Waals surface area contributed by atoms with Crippen molar-refractivity contribution >= 4 is 23.5 Å². The average Bonchev–Trinajstić information content (AvgIpc) is 3.24. The van der Waals surface area contributed by atoms with Gasteiger partial charge in [-0.2, -0.15) is 0 Å². The SMILES string of the molecule is CC1OCC(=O)C1NC(=O)C(CC1CCCCC1)SCc1ccoc1. The van der Waals surface area contributed by atoms with E-state index >= 15 is 0 Å². The summed E-state index contributed by atoms with van der Waals surface area (Å²) >= 11 is 1.64. The van der Waals surface area contributed by atoms with Crippen LogP contribution in [0.2, 0.25) is 0 Å². The quantitative estimate of drug-likeness (QED) is 0.803. The van der Waals surface area contributed by atoms with Crippen molar-refractivity contribution in [3.05, 3.63) is 24.2 Å². The average molecular weight is 365 g/mol. The number of furan rings is 1. The van der Waals surface area contributed by atoms with E-state index in [4.69, 9.17) is 9.15 Å². The van der Waals surface area contributed by atoms with Crippen molar-refractivity contribution in [2.45, 2.75) is 68.6 Å². The summed E-state index contributed by atoms with van der Waals surface area (Å²) in [5.74, 6) is 1.28. The number of amides is 1. The lowest BCUT2D eigenvalue weighted by Gasteiger charge is -2.27. The second kappa shape index (κ2) is 8.90. The summed E-state index contributed by atoms with van der Waals surface area (Å²) < 4.78 is 10.5. The van der Waals surface area contributed by atoms with E-state index in [0.717, 1.165) is 17.7 Å². The van der Waals surface area contributed by atoms with Crippen LogP contribution in [0.15, 0.2) is 23.0 Å². The molecule has 3 rings (SSSR count). The highest BCUT2D eigenvalue weighted by molar-refractivity contribution is 7.99. The number of Topliss-reactive ketones (excluding diaryl/α,β-unsaturated/α-hetero) is 1. The first-order chi connectivity index (χ1) is 12.1. The zero-order valence-corrected chi connectivity index (χ0v) is 15.6. The third kappa shape index (κ3) is 5.11. The van der Waals surface area contributed by atoms with Crippen molar-refractivity contribution in [1.82, 2.24) is 5.32 Å². The Kier molecular flexibility index (Phi) is 6.59. The second-order valence-corrected chi connectivity index (χ2v) is 8.33. The van der Waals surface area contributed by atoms with Crippen molar-refractivity contribution in [2.24, 2.45) is 5.92 Å². The minimum atomic E-state index is -0.504. The largest absolute Gasteiger partial charge is 0.472 e. The summed E-state index contributed by atoms with van der Waals surface area (Å²) in [6, 6.07) is 1.43. The maximum Gasteiger partial charge on any atom is 0.233 e. The zero-order chi connectivity index (χ0) is 17.6. The standard InChI is InChI=1S/C19H27NO4S/c1-13-18(16(21)11-24-13)20-19(22)17(9-14-5-3-2-4-6-14)25-12-15-7-8-23-10-15/h7-8,10,13-14,17-18H,2-6,9,11-12H2,1H3,(H,20,22). The van der Waals surface area contributed by atoms with E-state index in [1.807, 2.05) is 13.0 Å². The number of carbonyl (C=O) groups is 2. The molecule has 2 heterocycles. The lowest BCUT2D eigenvalue weighted by molar-refractivity contribution is -0.126. The van der Waals surface area contributed by atoms with Gasteiger partial charge in [-0.05, 0) is 25.3 Å². The van der Waals surface area contributed by atoms with Gasteiger partial charge in [-0.25, -0.2) is 0 Å². The van der Waals surface area contributed by atoms with Gasteiger partial charge in [0.25, 0.3) is 0 Å². The molecular formula is C19H27NO4S. The molecule has 1 aliphatic heterocycles. The molecule has 1 saturated heterocycles. The van der Waals surface area contributed by atoms with Gasteiger partial charge < -0.3 is 14.5 Å². The maximum atomic E-state index is 12.9. The molecule has 3 unspecified atom stereocenters. The van der Waals surface area contributed by atoms with Crippen LogP contribution < -0.4 is 5.32 Å². The number of hydrogen-bond donors (Lipinski definition) is 1. The Labute approximate surface area is 153 Å². The van der Waals surface area contributed by atoms with Gasteiger partial charge in [0, 0.05) is 11.3 Å². The fourth-order valence-corrected chi connectivity index (χ4v) is 4.84. The molecule has 0 aromatic carbocycles. The van der Waals surface area contributed by atoms with Crippen LogP contribution in [0.1, 0.15) is 51.0 Å². The maximum absolute atomic E-state index is 12.9. The number of thioether (sulfide) groups is 1. The molecule has 1 saturated carbocycles. The molecule has 0 spiro atoms. The van der Waals surface area contributed by atoms with Gasteiger partial charge in [0.05, 0.1) is 23.9 Å². The zero-order valence-electron chi connectivity index (χ0n) is 14.7. The summed E-state index contributed by atoms with van der Waals surface area (Å²) in [7, 11) is 0. The normalized spacial score (nSPS) is 25.9. The van der Waals surface area contributed by atoms with Crippen molar-refractivity contribution in [2.75, 3.05) is 6.61 Å². The highest BCUT2D eigenvalue weighted by Gasteiger charge is 2.36. The van der Waals surface area contributed by atoms with E-state index < -0.39 is 6.04 Å². The van der Waals surface area contributed by atoms with Gasteiger partial charge in [-0.15, -0.1) is 11.8 Å². The molecular weight excluding hydrogens is 338 g/mol. The molecule has 0 radical (unpaired) electrons. The Hall–Kier alpha value is -1.27. The molecule has 1 amide bonds. The van der Waals surface area contributed by atoms with Crippen molar-refractivity contribution in [3.8, 4) is 0 Å². The number of nitrogens with one attached hydrogen (secondary N) is 1. The molecule has 2 aliphatic rings. The van der Waals surface area contributed by atoms with E-state index in [2.05, 4.69) is 5.32 Å². The molecule has 6 heteroatoms. The summed E-state index contributed by atoms with van der Waals surface area (Å²) in [5, 5.41) is 2.80. The number of ether oxygens (including phenoxy) is 1. The van der Waals surface area contributed by atoms with E-state index in [1.54, 1.807) is 24.3 Å². The van der Waals surface area contributed by atoms with Crippen LogP contribution in [-0.4, -0.2) is 35.7 Å². The fourth-order valence-electron chi connectivity index (χ4n) is 3.65. The first kappa shape index (κ1) is 18.5. The minimum Gasteiger partial charge on any atom is -0.472 e. The van der Waals surface area contributed by atoms with Crippen LogP contribution in [0.4, 0.5) is 0 Å². The van der Waals surface area contributed by atoms with Crippen LogP contribution in [0.5, 0.6) is 0 Å². The lowest BCUT2D eigenvalue weighted by atomic mass is 9.86. The Morgan fingerprint density at radius 1 is 1.36 bits per heavy atom. The molecule has 1 aliphatic carbocycles. The molecule has 0 bridgehead atoms. The first-order valence-electron chi connectivity index (χ1n) is 9.21. The predicted octanol–water partition coefficient (Wildman–Crippen LogP) is 3.32. The van der Waals surface area contributed by atoms with Crippen molar-refractivity contribution in [3.63, 3.8) is 0 Å². The van der Waals surface area contributed by atoms with Gasteiger partial charge >= 0.3 is 0 Å². The first-order valence-corrected chi connectivity index (χ1v) is 10.3. The van der Waals surface area contributed by atoms with Gasteiger partial charge in [0.1, 0.15) is 12.6 Å². The summed E-state index contributed by atoms with van der Waals surface area (Å²) in [5.41, 5.74) is 1.08. The number of carbonyl (C=O) groups excluding carboxylic acids is 2. The fraction of sp³-hybridized carbons (Fsp3) is 0.684. The van der Waals surface area contributed by atoms with Crippen LogP contribution in [0.3, 0.4) is 0 Å². The number of hydrogen-bond acceptors (Lipinski definition) is 5. The third-order valence-electron chi connectivity index (χ3n) is 5.20. The molecule has 2 fully saturated rings. The van der Waals surface area contributed by atoms with Gasteiger partial charge in [0.2, 0.25) is 5.91 Å². The molecule has 25 heavy (non-hydrogen) atoms. The smallest absolute Gasteiger partial charge is 0.233 e. The minimum absolute atomic E-state index is 0.0305. The number of ketones is 1. The lowest BCUT2D eigenvalue weighted by Crippen LogP contribution is -2.47. The van der Waals surface area contributed by atoms with Crippen molar-refractivity contribution < 1.29 is 18.7 Å². The van der Waals surface area contributed by atoms with Gasteiger partial charge in [-0.1, -0.05) is 32.1 Å². The molecule has 138 valence electrons. The second-order valence-electron chi connectivity index (χ2n) is 7.14. The highest BCUT2D eigenvalue weighted by Crippen LogP contribution is 2.32. The Balaban J connectivity index is 1.61. The third-order valence-corrected chi connectivity index (χ3v) is 6.51. The van der Waals surface area contributed by atoms with Gasteiger partial charge in [-0.3, -0.25) is 9.59 Å². The van der Waals surface area contributed by atoms with Crippen LogP contribution in [-0.2, 0) is 20.1 Å². The van der Waals surface area contributed by atoms with E-state index in [-0.39, 0.29) is 29.7 Å². The Morgan fingerprint density at radius 3 is 2.80 bits per heavy atom. The molecule has 3 atom stereocenters. The monoisotopic (exact) mass is 365 g/mol. The van der Waals surface area contributed by atoms with Crippen LogP contribution in [0.25, 0.3) is 0 Å². The van der Waals surface area contributed by atoms with Crippen molar-refractivity contribution in [1.29, 1.82) is 0 Å². The van der Waals surface area contributed by atoms with Gasteiger partial charge in [0.15, 0.2) is 5.78 Å². The Morgan fingerprint density at radius 2 is 2.16 bits per heavy atom. The Bertz CT molecular complexity index is 568. The molecule has 1 N–H and O–H groups in total. The van der Waals surface area contributed by atoms with E-state index in [1.165, 1.54) is 32.1 Å². The summed E-state index contributed by atoms with van der Waals surface area (Å²) in [6.45, 7) is 1.94. The molecule has 1 aromatic rings. The predicted molar refractivity (Wildman–Crippen MR) is 97.3 cm³/mol. The van der Waals surface area contributed by atoms with Crippen LogP contribution >= 0.6 is 11.8 Å². The highest BCUT2D eigenvalue weighted by atomic mass is 32.2.